The van der Waals surface area contributed by atoms with Crippen molar-refractivity contribution in [3.63, 3.8) is 0 Å². The number of likely N-dealkylation sites (N-methyl/N-ethyl adjacent to an activating group) is 1. The molecule has 20 heavy (non-hydrogen) atoms. The minimum absolute atomic E-state index is 0.0485. The highest BCUT2D eigenvalue weighted by atomic mass is 79.9. The van der Waals surface area contributed by atoms with Gasteiger partial charge in [-0.2, -0.15) is 0 Å². The lowest BCUT2D eigenvalue weighted by molar-refractivity contribution is 0.0587. The summed E-state index contributed by atoms with van der Waals surface area (Å²) in [4.78, 5) is 16.8. The van der Waals surface area contributed by atoms with Crippen molar-refractivity contribution in [2.45, 2.75) is 19.4 Å². The molecule has 1 aliphatic heterocycles. The van der Waals surface area contributed by atoms with E-state index in [2.05, 4.69) is 51.9 Å². The highest BCUT2D eigenvalue weighted by Crippen LogP contribution is 2.19. The van der Waals surface area contributed by atoms with Gasteiger partial charge in [-0.15, -0.1) is 0 Å². The minimum Gasteiger partial charge on any atom is -0.457 e. The zero-order valence-electron chi connectivity index (χ0n) is 12.3. The minimum atomic E-state index is -0.104. The van der Waals surface area contributed by atoms with Crippen LogP contribution in [0.1, 0.15) is 24.2 Å². The van der Waals surface area contributed by atoms with Gasteiger partial charge < -0.3 is 14.6 Å². The third-order valence-corrected chi connectivity index (χ3v) is 4.52. The van der Waals surface area contributed by atoms with Gasteiger partial charge in [-0.3, -0.25) is 9.69 Å². The van der Waals surface area contributed by atoms with Crippen molar-refractivity contribution in [3.05, 3.63) is 22.6 Å². The smallest absolute Gasteiger partial charge is 0.255 e. The fourth-order valence-electron chi connectivity index (χ4n) is 2.37. The third-order valence-electron chi connectivity index (χ3n) is 3.90. The van der Waals surface area contributed by atoms with Gasteiger partial charge in [0, 0.05) is 38.3 Å². The normalized spacial score (nSPS) is 18.2. The van der Waals surface area contributed by atoms with E-state index in [4.69, 9.17) is 4.42 Å². The third kappa shape index (κ3) is 3.62. The lowest BCUT2D eigenvalue weighted by atomic mass is 10.0. The van der Waals surface area contributed by atoms with E-state index in [1.807, 2.05) is 0 Å². The van der Waals surface area contributed by atoms with E-state index in [1.165, 1.54) is 6.26 Å². The number of hydrogen-bond acceptors (Lipinski definition) is 4. The zero-order valence-corrected chi connectivity index (χ0v) is 13.9. The number of rotatable bonds is 4. The number of amides is 1. The fourth-order valence-corrected chi connectivity index (χ4v) is 2.79. The van der Waals surface area contributed by atoms with Crippen molar-refractivity contribution in [2.75, 3.05) is 39.8 Å². The molecule has 0 radical (unpaired) electrons. The molecule has 1 N–H and O–H groups in total. The Bertz CT molecular complexity index is 465. The molecule has 1 aromatic heterocycles. The highest BCUT2D eigenvalue weighted by Gasteiger charge is 2.29. The molecule has 0 spiro atoms. The summed E-state index contributed by atoms with van der Waals surface area (Å²) in [6, 6.07) is 1.67. The Labute approximate surface area is 128 Å². The quantitative estimate of drug-likeness (QED) is 0.905. The summed E-state index contributed by atoms with van der Waals surface area (Å²) < 4.78 is 5.56. The van der Waals surface area contributed by atoms with Crippen LogP contribution < -0.4 is 5.32 Å². The largest absolute Gasteiger partial charge is 0.457 e. The molecule has 1 aromatic rings. The molecule has 0 bridgehead atoms. The molecule has 1 aliphatic rings. The van der Waals surface area contributed by atoms with Gasteiger partial charge in [0.1, 0.15) is 0 Å². The van der Waals surface area contributed by atoms with Crippen LogP contribution in [0.2, 0.25) is 0 Å². The molecule has 0 aliphatic carbocycles. The highest BCUT2D eigenvalue weighted by molar-refractivity contribution is 9.10. The van der Waals surface area contributed by atoms with Crippen LogP contribution in [-0.4, -0.2) is 61.0 Å². The van der Waals surface area contributed by atoms with Crippen LogP contribution in [-0.2, 0) is 0 Å². The van der Waals surface area contributed by atoms with Crippen molar-refractivity contribution in [1.82, 2.24) is 15.1 Å². The van der Waals surface area contributed by atoms with E-state index >= 15 is 0 Å². The molecule has 2 heterocycles. The number of carbonyl (C=O) groups is 1. The van der Waals surface area contributed by atoms with Crippen LogP contribution in [0.3, 0.4) is 0 Å². The number of nitrogens with one attached hydrogen (secondary N) is 1. The molecular weight excluding hydrogens is 322 g/mol. The predicted molar refractivity (Wildman–Crippen MR) is 81.9 cm³/mol. The average Bonchev–Trinajstić information content (AvgIpc) is 2.83. The van der Waals surface area contributed by atoms with Crippen LogP contribution >= 0.6 is 15.9 Å². The van der Waals surface area contributed by atoms with E-state index in [0.717, 1.165) is 26.2 Å². The summed E-state index contributed by atoms with van der Waals surface area (Å²) in [7, 11) is 2.14. The van der Waals surface area contributed by atoms with Gasteiger partial charge in [-0.25, -0.2) is 0 Å². The van der Waals surface area contributed by atoms with Gasteiger partial charge in [-0.1, -0.05) is 0 Å². The van der Waals surface area contributed by atoms with Crippen molar-refractivity contribution < 1.29 is 9.21 Å². The predicted octanol–water partition coefficient (Wildman–Crippen LogP) is 1.80. The maximum Gasteiger partial charge on any atom is 0.255 e. The van der Waals surface area contributed by atoms with Gasteiger partial charge in [0.2, 0.25) is 0 Å². The van der Waals surface area contributed by atoms with Gasteiger partial charge in [0.15, 0.2) is 4.67 Å². The molecule has 2 rings (SSSR count). The number of nitrogens with zero attached hydrogens (tertiary/aromatic N) is 2. The lowest BCUT2D eigenvalue weighted by Crippen LogP contribution is -2.57. The Kier molecular flexibility index (Phi) is 4.88. The summed E-state index contributed by atoms with van der Waals surface area (Å²) in [6.07, 6.45) is 1.50. The second-order valence-corrected chi connectivity index (χ2v) is 6.61. The van der Waals surface area contributed by atoms with Crippen LogP contribution in [0.25, 0.3) is 0 Å². The maximum atomic E-state index is 12.1. The molecule has 1 fully saturated rings. The number of piperazine rings is 1. The van der Waals surface area contributed by atoms with Crippen LogP contribution in [0.15, 0.2) is 21.4 Å². The van der Waals surface area contributed by atoms with E-state index in [-0.39, 0.29) is 11.4 Å². The molecule has 1 amide bonds. The average molecular weight is 344 g/mol. The Balaban J connectivity index is 1.89. The molecule has 112 valence electrons. The van der Waals surface area contributed by atoms with Gasteiger partial charge in [0.05, 0.1) is 11.8 Å². The monoisotopic (exact) mass is 343 g/mol. The summed E-state index contributed by atoms with van der Waals surface area (Å²) in [5.41, 5.74) is 0.492. The topological polar surface area (TPSA) is 48.7 Å². The van der Waals surface area contributed by atoms with Gasteiger partial charge in [0.25, 0.3) is 5.91 Å². The van der Waals surface area contributed by atoms with Gasteiger partial charge in [-0.05, 0) is 42.9 Å². The summed E-state index contributed by atoms with van der Waals surface area (Å²) in [5.74, 6) is -0.104. The standard InChI is InChI=1S/C14H22BrN3O2/c1-14(2,18-7-5-17(3)6-8-18)10-16-13(19)11-4-9-20-12(11)15/h4,9H,5-8,10H2,1-3H3,(H,16,19). The van der Waals surface area contributed by atoms with E-state index in [0.29, 0.717) is 16.8 Å². The first-order valence-electron chi connectivity index (χ1n) is 6.85. The maximum absolute atomic E-state index is 12.1. The Morgan fingerprint density at radius 1 is 1.40 bits per heavy atom. The summed E-state index contributed by atoms with van der Waals surface area (Å²) in [6.45, 7) is 9.18. The number of hydrogen-bond donors (Lipinski definition) is 1. The molecule has 0 saturated carbocycles. The van der Waals surface area contributed by atoms with Crippen LogP contribution in [0, 0.1) is 0 Å². The van der Waals surface area contributed by atoms with E-state index in [9.17, 15) is 4.79 Å². The number of furan rings is 1. The first kappa shape index (κ1) is 15.5. The molecule has 5 nitrogen and oxygen atoms in total. The van der Waals surface area contributed by atoms with Crippen molar-refractivity contribution in [1.29, 1.82) is 0 Å². The van der Waals surface area contributed by atoms with Crippen LogP contribution in [0.5, 0.6) is 0 Å². The summed E-state index contributed by atoms with van der Waals surface area (Å²) in [5, 5.41) is 2.99. The zero-order chi connectivity index (χ0) is 14.8. The van der Waals surface area contributed by atoms with Gasteiger partial charge >= 0.3 is 0 Å². The van der Waals surface area contributed by atoms with E-state index < -0.39 is 0 Å². The molecule has 6 heteroatoms. The first-order valence-corrected chi connectivity index (χ1v) is 7.64. The Hall–Kier alpha value is -0.850. The second kappa shape index (κ2) is 6.28. The number of carbonyl (C=O) groups excluding carboxylic acids is 1. The van der Waals surface area contributed by atoms with Crippen LogP contribution in [0.4, 0.5) is 0 Å². The second-order valence-electron chi connectivity index (χ2n) is 5.89. The van der Waals surface area contributed by atoms with E-state index in [1.54, 1.807) is 6.07 Å². The van der Waals surface area contributed by atoms with Crippen molar-refractivity contribution in [3.8, 4) is 0 Å². The molecule has 0 atom stereocenters. The SMILES string of the molecule is CN1CCN(C(C)(C)CNC(=O)c2ccoc2Br)CC1. The fraction of sp³-hybridized carbons (Fsp3) is 0.643. The molecule has 0 unspecified atom stereocenters. The first-order chi connectivity index (χ1) is 9.40. The summed E-state index contributed by atoms with van der Waals surface area (Å²) >= 11 is 3.23. The molecule has 1 saturated heterocycles. The molecule has 0 aromatic carbocycles. The molecular formula is C14H22BrN3O2. The number of halogens is 1. The Morgan fingerprint density at radius 2 is 2.05 bits per heavy atom. The van der Waals surface area contributed by atoms with Crippen molar-refractivity contribution >= 4 is 21.8 Å². The van der Waals surface area contributed by atoms with Crippen molar-refractivity contribution in [2.24, 2.45) is 0 Å². The lowest BCUT2D eigenvalue weighted by Gasteiger charge is -2.43. The Morgan fingerprint density at radius 3 is 2.60 bits per heavy atom.